The van der Waals surface area contributed by atoms with Gasteiger partial charge in [0.15, 0.2) is 0 Å². The van der Waals surface area contributed by atoms with Crippen LogP contribution in [-0.4, -0.2) is 35.7 Å². The zero-order valence-corrected chi connectivity index (χ0v) is 15.8. The second-order valence-corrected chi connectivity index (χ2v) is 6.61. The van der Waals surface area contributed by atoms with Crippen LogP contribution >= 0.6 is 0 Å². The molecule has 1 aromatic carbocycles. The van der Waals surface area contributed by atoms with E-state index in [1.54, 1.807) is 0 Å². The average Bonchev–Trinajstić information content (AvgIpc) is 2.70. The van der Waals surface area contributed by atoms with Crippen LogP contribution in [-0.2, 0) is 0 Å². The lowest BCUT2D eigenvalue weighted by atomic mass is 10.1. The molecular weight excluding hydrogens is 342 g/mol. The number of piperidine rings is 1. The molecule has 2 amide bonds. The van der Waals surface area contributed by atoms with Crippen LogP contribution in [0.2, 0.25) is 0 Å². The second kappa shape index (κ2) is 9.75. The predicted octanol–water partition coefficient (Wildman–Crippen LogP) is 4.29. The number of urea groups is 1. The number of nitrogens with one attached hydrogen (secondary N) is 2. The van der Waals surface area contributed by atoms with Crippen molar-refractivity contribution in [3.63, 3.8) is 0 Å². The van der Waals surface area contributed by atoms with E-state index in [1.807, 2.05) is 30.3 Å². The summed E-state index contributed by atoms with van der Waals surface area (Å²) in [6.45, 7) is 4.82. The monoisotopic (exact) mass is 369 g/mol. The van der Waals surface area contributed by atoms with Crippen molar-refractivity contribution < 1.29 is 9.53 Å². The van der Waals surface area contributed by atoms with Crippen LogP contribution in [0.15, 0.2) is 36.7 Å². The van der Waals surface area contributed by atoms with Gasteiger partial charge in [-0.1, -0.05) is 13.3 Å². The molecule has 0 bridgehead atoms. The summed E-state index contributed by atoms with van der Waals surface area (Å²) in [4.78, 5) is 22.9. The molecule has 1 aliphatic heterocycles. The van der Waals surface area contributed by atoms with Crippen molar-refractivity contribution in [2.75, 3.05) is 35.2 Å². The summed E-state index contributed by atoms with van der Waals surface area (Å²) in [5, 5.41) is 5.57. The zero-order chi connectivity index (χ0) is 18.9. The van der Waals surface area contributed by atoms with Crippen LogP contribution in [0.4, 0.5) is 22.1 Å². The van der Waals surface area contributed by atoms with Gasteiger partial charge in [0.05, 0.1) is 6.61 Å². The number of nitrogens with zero attached hydrogens (tertiary/aromatic N) is 3. The highest BCUT2D eigenvalue weighted by molar-refractivity contribution is 5.99. The van der Waals surface area contributed by atoms with E-state index in [4.69, 9.17) is 4.74 Å². The fourth-order valence-electron chi connectivity index (χ4n) is 2.96. The van der Waals surface area contributed by atoms with Crippen molar-refractivity contribution in [2.24, 2.45) is 0 Å². The van der Waals surface area contributed by atoms with Crippen molar-refractivity contribution in [1.82, 2.24) is 9.97 Å². The van der Waals surface area contributed by atoms with Gasteiger partial charge in [0, 0.05) is 24.8 Å². The molecule has 0 saturated carbocycles. The topological polar surface area (TPSA) is 79.4 Å². The Morgan fingerprint density at radius 2 is 1.89 bits per heavy atom. The summed E-state index contributed by atoms with van der Waals surface area (Å²) < 4.78 is 5.62. The third-order valence-electron chi connectivity index (χ3n) is 4.45. The fourth-order valence-corrected chi connectivity index (χ4v) is 2.96. The number of anilines is 3. The number of aromatic nitrogens is 2. The van der Waals surface area contributed by atoms with Gasteiger partial charge in [0.25, 0.3) is 0 Å². The van der Waals surface area contributed by atoms with Crippen LogP contribution in [0.5, 0.6) is 5.75 Å². The van der Waals surface area contributed by atoms with E-state index >= 15 is 0 Å². The Labute approximate surface area is 160 Å². The third-order valence-corrected chi connectivity index (χ3v) is 4.45. The molecule has 144 valence electrons. The molecule has 0 aliphatic carbocycles. The zero-order valence-electron chi connectivity index (χ0n) is 15.8. The van der Waals surface area contributed by atoms with E-state index < -0.39 is 0 Å². The summed E-state index contributed by atoms with van der Waals surface area (Å²) in [5.74, 6) is 2.15. The van der Waals surface area contributed by atoms with Gasteiger partial charge in [-0.05, 0) is 49.9 Å². The molecule has 3 rings (SSSR count). The normalized spacial score (nSPS) is 13.9. The number of benzene rings is 1. The number of unbranched alkanes of at least 4 members (excludes halogenated alkanes) is 1. The first-order valence-corrected chi connectivity index (χ1v) is 9.62. The van der Waals surface area contributed by atoms with Crippen LogP contribution < -0.4 is 20.3 Å². The van der Waals surface area contributed by atoms with Crippen molar-refractivity contribution in [1.29, 1.82) is 0 Å². The lowest BCUT2D eigenvalue weighted by molar-refractivity contribution is 0.262. The molecule has 7 heteroatoms. The lowest BCUT2D eigenvalue weighted by Gasteiger charge is -2.27. The number of ether oxygens (including phenoxy) is 1. The van der Waals surface area contributed by atoms with Gasteiger partial charge in [-0.2, -0.15) is 0 Å². The number of hydrogen-bond acceptors (Lipinski definition) is 5. The van der Waals surface area contributed by atoms with E-state index in [0.717, 1.165) is 37.5 Å². The van der Waals surface area contributed by atoms with Crippen LogP contribution in [0.1, 0.15) is 39.0 Å². The summed E-state index contributed by atoms with van der Waals surface area (Å²) >= 11 is 0. The van der Waals surface area contributed by atoms with Crippen LogP contribution in [0.3, 0.4) is 0 Å². The van der Waals surface area contributed by atoms with Crippen molar-refractivity contribution in [3.8, 4) is 5.75 Å². The molecule has 1 fully saturated rings. The molecule has 0 unspecified atom stereocenters. The summed E-state index contributed by atoms with van der Waals surface area (Å²) in [6.07, 6.45) is 7.22. The highest BCUT2D eigenvalue weighted by Crippen LogP contribution is 2.20. The first-order chi connectivity index (χ1) is 13.2. The van der Waals surface area contributed by atoms with E-state index in [1.165, 1.54) is 25.6 Å². The first-order valence-electron chi connectivity index (χ1n) is 9.62. The fraction of sp³-hybridized carbons (Fsp3) is 0.450. The van der Waals surface area contributed by atoms with Gasteiger partial charge < -0.3 is 15.0 Å². The van der Waals surface area contributed by atoms with Crippen molar-refractivity contribution in [2.45, 2.75) is 39.0 Å². The smallest absolute Gasteiger partial charge is 0.324 e. The number of hydrogen-bond donors (Lipinski definition) is 2. The predicted molar refractivity (Wildman–Crippen MR) is 108 cm³/mol. The molecule has 0 radical (unpaired) electrons. The van der Waals surface area contributed by atoms with Crippen LogP contribution in [0.25, 0.3) is 0 Å². The standard InChI is InChI=1S/C20H27N5O2/c1-2-3-13-27-17-9-7-16(8-10-17)23-20(26)24-18-14-19(22-15-21-18)25-11-5-4-6-12-25/h7-10,14-15H,2-6,11-13H2,1H3,(H2,21,22,23,24,26). The maximum Gasteiger partial charge on any atom is 0.324 e. The molecule has 7 nitrogen and oxygen atoms in total. The molecule has 0 atom stereocenters. The largest absolute Gasteiger partial charge is 0.494 e. The molecular formula is C20H27N5O2. The molecule has 1 saturated heterocycles. The second-order valence-electron chi connectivity index (χ2n) is 6.61. The Bertz CT molecular complexity index is 729. The number of rotatable bonds is 7. The van der Waals surface area contributed by atoms with Gasteiger partial charge in [0.2, 0.25) is 0 Å². The molecule has 0 spiro atoms. The van der Waals surface area contributed by atoms with E-state index in [2.05, 4.69) is 32.4 Å². The SMILES string of the molecule is CCCCOc1ccc(NC(=O)Nc2cc(N3CCCCC3)ncn2)cc1. The minimum absolute atomic E-state index is 0.335. The van der Waals surface area contributed by atoms with Gasteiger partial charge in [0.1, 0.15) is 23.7 Å². The molecule has 1 aliphatic rings. The molecule has 2 N–H and O–H groups in total. The van der Waals surface area contributed by atoms with Gasteiger partial charge in [-0.25, -0.2) is 14.8 Å². The summed E-state index contributed by atoms with van der Waals surface area (Å²) in [7, 11) is 0. The Morgan fingerprint density at radius 3 is 2.63 bits per heavy atom. The Balaban J connectivity index is 1.53. The molecule has 27 heavy (non-hydrogen) atoms. The lowest BCUT2D eigenvalue weighted by Crippen LogP contribution is -2.30. The molecule has 2 heterocycles. The third kappa shape index (κ3) is 5.84. The van der Waals surface area contributed by atoms with Crippen molar-refractivity contribution in [3.05, 3.63) is 36.7 Å². The van der Waals surface area contributed by atoms with Crippen LogP contribution in [0, 0.1) is 0 Å². The Kier molecular flexibility index (Phi) is 6.84. The van der Waals surface area contributed by atoms with E-state index in [0.29, 0.717) is 18.1 Å². The van der Waals surface area contributed by atoms with Gasteiger partial charge in [-0.15, -0.1) is 0 Å². The number of amides is 2. The summed E-state index contributed by atoms with van der Waals surface area (Å²) in [5.41, 5.74) is 0.695. The van der Waals surface area contributed by atoms with E-state index in [9.17, 15) is 4.79 Å². The minimum Gasteiger partial charge on any atom is -0.494 e. The maximum absolute atomic E-state index is 12.2. The first kappa shape index (κ1) is 18.9. The molecule has 2 aromatic rings. The highest BCUT2D eigenvalue weighted by Gasteiger charge is 2.13. The number of carbonyl (C=O) groups is 1. The quantitative estimate of drug-likeness (QED) is 0.712. The Hall–Kier alpha value is -2.83. The average molecular weight is 369 g/mol. The minimum atomic E-state index is -0.335. The molecule has 1 aromatic heterocycles. The van der Waals surface area contributed by atoms with E-state index in [-0.39, 0.29) is 6.03 Å². The summed E-state index contributed by atoms with van der Waals surface area (Å²) in [6, 6.07) is 8.82. The van der Waals surface area contributed by atoms with Crippen molar-refractivity contribution >= 4 is 23.4 Å². The van der Waals surface area contributed by atoms with Gasteiger partial charge >= 0.3 is 6.03 Å². The number of carbonyl (C=O) groups excluding carboxylic acids is 1. The highest BCUT2D eigenvalue weighted by atomic mass is 16.5. The maximum atomic E-state index is 12.2. The Morgan fingerprint density at radius 1 is 1.11 bits per heavy atom. The van der Waals surface area contributed by atoms with Gasteiger partial charge in [-0.3, -0.25) is 5.32 Å².